The highest BCUT2D eigenvalue weighted by molar-refractivity contribution is 5.73. The Kier molecular flexibility index (Phi) is 2.49. The lowest BCUT2D eigenvalue weighted by Crippen LogP contribution is -2.65. The molecule has 2 aliphatic rings. The lowest BCUT2D eigenvalue weighted by Gasteiger charge is -2.55. The van der Waals surface area contributed by atoms with Crippen LogP contribution in [0.15, 0.2) is 0 Å². The Morgan fingerprint density at radius 1 is 1.50 bits per heavy atom. The quantitative estimate of drug-likeness (QED) is 0.627. The van der Waals surface area contributed by atoms with Crippen LogP contribution in [0.25, 0.3) is 0 Å². The summed E-state index contributed by atoms with van der Waals surface area (Å²) in [4.78, 5) is 11.0. The van der Waals surface area contributed by atoms with Crippen LogP contribution in [-0.4, -0.2) is 36.4 Å². The first kappa shape index (κ1) is 9.93. The van der Waals surface area contributed by atoms with Gasteiger partial charge in [-0.3, -0.25) is 4.79 Å². The second-order valence-electron chi connectivity index (χ2n) is 4.35. The third kappa shape index (κ3) is 1.42. The topological polar surface area (TPSA) is 58.6 Å². The number of aliphatic hydroxyl groups is 1. The van der Waals surface area contributed by atoms with Crippen molar-refractivity contribution in [3.8, 4) is 0 Å². The van der Waals surface area contributed by atoms with Gasteiger partial charge in [-0.2, -0.15) is 0 Å². The molecule has 1 aliphatic heterocycles. The van der Waals surface area contributed by atoms with E-state index in [1.54, 1.807) is 0 Å². The Balaban J connectivity index is 2.02. The highest BCUT2D eigenvalue weighted by atomic mass is 16.5. The van der Waals surface area contributed by atoms with Crippen molar-refractivity contribution in [2.45, 2.75) is 38.3 Å². The number of nitrogens with one attached hydrogen (secondary N) is 1. The SMILES string of the molecule is CC(=O)N[C@H]1C[C@H](O)C12CCOCC2. The van der Waals surface area contributed by atoms with Crippen LogP contribution in [0, 0.1) is 5.41 Å². The average molecular weight is 199 g/mol. The third-order valence-electron chi connectivity index (χ3n) is 3.62. The molecule has 2 N–H and O–H groups in total. The van der Waals surface area contributed by atoms with E-state index >= 15 is 0 Å². The Morgan fingerprint density at radius 2 is 2.14 bits per heavy atom. The molecule has 4 heteroatoms. The van der Waals surface area contributed by atoms with Crippen LogP contribution in [0.5, 0.6) is 0 Å². The summed E-state index contributed by atoms with van der Waals surface area (Å²) in [5.74, 6) is -0.00670. The van der Waals surface area contributed by atoms with E-state index in [4.69, 9.17) is 4.74 Å². The van der Waals surface area contributed by atoms with E-state index < -0.39 is 0 Å². The van der Waals surface area contributed by atoms with Gasteiger partial charge in [0.1, 0.15) is 0 Å². The molecule has 2 fully saturated rings. The van der Waals surface area contributed by atoms with Crippen LogP contribution in [0.3, 0.4) is 0 Å². The molecule has 1 spiro atoms. The fourth-order valence-electron chi connectivity index (χ4n) is 2.65. The summed E-state index contributed by atoms with van der Waals surface area (Å²) in [6, 6.07) is 0.152. The maximum Gasteiger partial charge on any atom is 0.217 e. The van der Waals surface area contributed by atoms with Gasteiger partial charge >= 0.3 is 0 Å². The number of rotatable bonds is 1. The normalized spacial score (nSPS) is 35.0. The van der Waals surface area contributed by atoms with Crippen LogP contribution in [-0.2, 0) is 9.53 Å². The van der Waals surface area contributed by atoms with Gasteiger partial charge in [-0.25, -0.2) is 0 Å². The van der Waals surface area contributed by atoms with Gasteiger partial charge in [0.05, 0.1) is 6.10 Å². The van der Waals surface area contributed by atoms with Crippen LogP contribution in [0.1, 0.15) is 26.2 Å². The summed E-state index contributed by atoms with van der Waals surface area (Å²) in [5, 5.41) is 12.7. The Hall–Kier alpha value is -0.610. The monoisotopic (exact) mass is 199 g/mol. The van der Waals surface area contributed by atoms with Crippen molar-refractivity contribution in [2.75, 3.05) is 13.2 Å². The van der Waals surface area contributed by atoms with E-state index in [0.717, 1.165) is 12.8 Å². The maximum absolute atomic E-state index is 11.0. The molecule has 1 saturated carbocycles. The van der Waals surface area contributed by atoms with E-state index in [1.165, 1.54) is 6.92 Å². The minimum Gasteiger partial charge on any atom is -0.392 e. The smallest absolute Gasteiger partial charge is 0.217 e. The molecule has 0 bridgehead atoms. The lowest BCUT2D eigenvalue weighted by molar-refractivity contribution is -0.155. The molecule has 0 unspecified atom stereocenters. The first-order chi connectivity index (χ1) is 6.65. The number of amides is 1. The second-order valence-corrected chi connectivity index (χ2v) is 4.35. The van der Waals surface area contributed by atoms with Crippen LogP contribution < -0.4 is 5.32 Å². The van der Waals surface area contributed by atoms with Crippen molar-refractivity contribution in [3.63, 3.8) is 0 Å². The number of hydrogen-bond acceptors (Lipinski definition) is 3. The van der Waals surface area contributed by atoms with Gasteiger partial charge in [-0.15, -0.1) is 0 Å². The fraction of sp³-hybridized carbons (Fsp3) is 0.900. The molecule has 2 rings (SSSR count). The molecule has 80 valence electrons. The van der Waals surface area contributed by atoms with Crippen molar-refractivity contribution in [2.24, 2.45) is 5.41 Å². The Morgan fingerprint density at radius 3 is 2.64 bits per heavy atom. The maximum atomic E-state index is 11.0. The second kappa shape index (κ2) is 3.51. The number of hydrogen-bond donors (Lipinski definition) is 2. The summed E-state index contributed by atoms with van der Waals surface area (Å²) in [7, 11) is 0. The largest absolute Gasteiger partial charge is 0.392 e. The van der Waals surface area contributed by atoms with Gasteiger partial charge in [-0.05, 0) is 19.3 Å². The summed E-state index contributed by atoms with van der Waals surface area (Å²) >= 11 is 0. The predicted octanol–water partition coefficient (Wildman–Crippen LogP) is 0.0525. The number of ether oxygens (including phenoxy) is 1. The van der Waals surface area contributed by atoms with Gasteiger partial charge in [0.15, 0.2) is 0 Å². The van der Waals surface area contributed by atoms with Crippen LogP contribution in [0.4, 0.5) is 0 Å². The zero-order valence-electron chi connectivity index (χ0n) is 8.45. The summed E-state index contributed by atoms with van der Waals surface area (Å²) in [6.45, 7) is 2.93. The molecule has 0 aromatic carbocycles. The predicted molar refractivity (Wildman–Crippen MR) is 50.7 cm³/mol. The molecule has 4 nitrogen and oxygen atoms in total. The third-order valence-corrected chi connectivity index (χ3v) is 3.62. The molecule has 1 heterocycles. The van der Waals surface area contributed by atoms with Crippen molar-refractivity contribution >= 4 is 5.91 Å². The van der Waals surface area contributed by atoms with E-state index in [1.807, 2.05) is 0 Å². The molecule has 0 radical (unpaired) electrons. The summed E-state index contributed by atoms with van der Waals surface area (Å²) < 4.78 is 5.28. The van der Waals surface area contributed by atoms with E-state index in [0.29, 0.717) is 19.6 Å². The molecule has 14 heavy (non-hydrogen) atoms. The minimum atomic E-state index is -0.261. The molecular formula is C10H17NO3. The van der Waals surface area contributed by atoms with E-state index in [2.05, 4.69) is 5.32 Å². The first-order valence-corrected chi connectivity index (χ1v) is 5.18. The zero-order chi connectivity index (χ0) is 10.2. The number of carbonyl (C=O) groups excluding carboxylic acids is 1. The lowest BCUT2D eigenvalue weighted by atomic mass is 9.58. The molecular weight excluding hydrogens is 182 g/mol. The number of carbonyl (C=O) groups is 1. The van der Waals surface area contributed by atoms with Crippen LogP contribution in [0.2, 0.25) is 0 Å². The van der Waals surface area contributed by atoms with Crippen molar-refractivity contribution in [3.05, 3.63) is 0 Å². The van der Waals surface area contributed by atoms with Crippen molar-refractivity contribution in [1.82, 2.24) is 5.32 Å². The van der Waals surface area contributed by atoms with Gasteiger partial charge in [0.25, 0.3) is 0 Å². The summed E-state index contributed by atoms with van der Waals surface area (Å²) in [6.07, 6.45) is 2.15. The van der Waals surface area contributed by atoms with E-state index in [-0.39, 0.29) is 23.5 Å². The van der Waals surface area contributed by atoms with Crippen LogP contribution >= 0.6 is 0 Å². The van der Waals surface area contributed by atoms with Gasteiger partial charge < -0.3 is 15.2 Å². The molecule has 0 aromatic heterocycles. The standard InChI is InChI=1S/C10H17NO3/c1-7(12)11-8-6-9(13)10(8)2-4-14-5-3-10/h8-9,13H,2-6H2,1H3,(H,11,12)/t8-,9-/m0/s1. The van der Waals surface area contributed by atoms with Gasteiger partial charge in [0, 0.05) is 31.6 Å². The summed E-state index contributed by atoms with van der Waals surface area (Å²) in [5.41, 5.74) is -0.0933. The van der Waals surface area contributed by atoms with Crippen molar-refractivity contribution < 1.29 is 14.6 Å². The van der Waals surface area contributed by atoms with Gasteiger partial charge in [0.2, 0.25) is 5.91 Å². The first-order valence-electron chi connectivity index (χ1n) is 5.18. The zero-order valence-corrected chi connectivity index (χ0v) is 8.45. The molecule has 1 aliphatic carbocycles. The average Bonchev–Trinajstić information content (AvgIpc) is 2.18. The molecule has 2 atom stereocenters. The number of aliphatic hydroxyl groups excluding tert-OH is 1. The fourth-order valence-corrected chi connectivity index (χ4v) is 2.65. The Bertz CT molecular complexity index is 236. The van der Waals surface area contributed by atoms with Crippen molar-refractivity contribution in [1.29, 1.82) is 0 Å². The molecule has 1 saturated heterocycles. The Labute approximate surface area is 83.6 Å². The van der Waals surface area contributed by atoms with Gasteiger partial charge in [-0.1, -0.05) is 0 Å². The molecule has 1 amide bonds. The molecule has 0 aromatic rings. The minimum absolute atomic E-state index is 0.00670. The van der Waals surface area contributed by atoms with E-state index in [9.17, 15) is 9.90 Å². The highest BCUT2D eigenvalue weighted by Gasteiger charge is 2.55. The highest BCUT2D eigenvalue weighted by Crippen LogP contribution is 2.48.